The lowest BCUT2D eigenvalue weighted by Gasteiger charge is -1.96. The lowest BCUT2D eigenvalue weighted by molar-refractivity contribution is -0.118. The van der Waals surface area contributed by atoms with Gasteiger partial charge in [0, 0.05) is 12.8 Å². The molecule has 1 rings (SSSR count). The Labute approximate surface area is 79.2 Å². The second kappa shape index (κ2) is 5.78. The number of benzene rings is 1. The molecule has 0 N–H and O–H groups in total. The van der Waals surface area contributed by atoms with Crippen molar-refractivity contribution in [2.75, 3.05) is 0 Å². The summed E-state index contributed by atoms with van der Waals surface area (Å²) in [5, 5.41) is 0. The molecule has 0 fully saturated rings. The van der Waals surface area contributed by atoms with Crippen LogP contribution in [-0.4, -0.2) is 5.78 Å². The fourth-order valence-corrected chi connectivity index (χ4v) is 0.949. The summed E-state index contributed by atoms with van der Waals surface area (Å²) in [6, 6.07) is 9.83. The smallest absolute Gasteiger partial charge is 0.136 e. The van der Waals surface area contributed by atoms with Gasteiger partial charge in [-0.25, -0.2) is 0 Å². The van der Waals surface area contributed by atoms with Crippen molar-refractivity contribution < 1.29 is 4.79 Å². The van der Waals surface area contributed by atoms with Crippen LogP contribution in [-0.2, 0) is 11.2 Å². The molecule has 2 heteroatoms. The van der Waals surface area contributed by atoms with E-state index in [1.54, 1.807) is 0 Å². The summed E-state index contributed by atoms with van der Waals surface area (Å²) in [6.45, 7) is 1.89. The quantitative estimate of drug-likeness (QED) is 0.706. The first-order valence-corrected chi connectivity index (χ1v) is 3.88. The van der Waals surface area contributed by atoms with E-state index in [9.17, 15) is 4.79 Å². The van der Waals surface area contributed by atoms with E-state index in [-0.39, 0.29) is 12.4 Å². The van der Waals surface area contributed by atoms with Gasteiger partial charge in [-0.15, -0.1) is 12.4 Å². The molecule has 0 heterocycles. The Morgan fingerprint density at radius 3 is 2.33 bits per heavy atom. The minimum absolute atomic E-state index is 0. The van der Waals surface area contributed by atoms with Gasteiger partial charge in [0.25, 0.3) is 0 Å². The molecule has 0 unspecified atom stereocenters. The van der Waals surface area contributed by atoms with Crippen LogP contribution in [0, 0.1) is 0 Å². The monoisotopic (exact) mass is 184 g/mol. The Morgan fingerprint density at radius 1 is 1.25 bits per heavy atom. The first kappa shape index (κ1) is 11.2. The third kappa shape index (κ3) is 3.54. The van der Waals surface area contributed by atoms with Gasteiger partial charge in [-0.2, -0.15) is 0 Å². The summed E-state index contributed by atoms with van der Waals surface area (Å²) in [5.41, 5.74) is 1.11. The number of hydrogen-bond acceptors (Lipinski definition) is 1. The van der Waals surface area contributed by atoms with Crippen molar-refractivity contribution >= 4 is 18.2 Å². The topological polar surface area (TPSA) is 17.1 Å². The van der Waals surface area contributed by atoms with Gasteiger partial charge in [-0.1, -0.05) is 37.3 Å². The SMILES string of the molecule is CCC(=O)Cc1ccccc1.Cl. The van der Waals surface area contributed by atoms with Gasteiger partial charge in [-0.3, -0.25) is 4.79 Å². The molecule has 0 aliphatic carbocycles. The Kier molecular flexibility index (Phi) is 5.39. The molecule has 0 radical (unpaired) electrons. The average Bonchev–Trinajstić information content (AvgIpc) is 2.06. The minimum Gasteiger partial charge on any atom is -0.299 e. The number of ketones is 1. The highest BCUT2D eigenvalue weighted by Crippen LogP contribution is 2.00. The predicted octanol–water partition coefficient (Wildman–Crippen LogP) is 2.63. The van der Waals surface area contributed by atoms with Crippen molar-refractivity contribution in [3.05, 3.63) is 35.9 Å². The van der Waals surface area contributed by atoms with Crippen molar-refractivity contribution in [3.63, 3.8) is 0 Å². The first-order valence-electron chi connectivity index (χ1n) is 3.88. The van der Waals surface area contributed by atoms with E-state index in [0.29, 0.717) is 18.6 Å². The van der Waals surface area contributed by atoms with Crippen molar-refractivity contribution in [2.45, 2.75) is 19.8 Å². The minimum atomic E-state index is 0. The molecule has 0 bridgehead atoms. The summed E-state index contributed by atoms with van der Waals surface area (Å²) in [7, 11) is 0. The van der Waals surface area contributed by atoms with E-state index in [1.807, 2.05) is 37.3 Å². The van der Waals surface area contributed by atoms with E-state index in [1.165, 1.54) is 0 Å². The zero-order valence-corrected chi connectivity index (χ0v) is 7.93. The van der Waals surface area contributed by atoms with Crippen LogP contribution < -0.4 is 0 Å². The highest BCUT2D eigenvalue weighted by molar-refractivity contribution is 5.85. The van der Waals surface area contributed by atoms with Crippen LogP contribution in [0.4, 0.5) is 0 Å². The standard InChI is InChI=1S/C10H12O.ClH/c1-2-10(11)8-9-6-4-3-5-7-9;/h3-7H,2,8H2,1H3;1H. The number of Topliss-reactive ketones (excluding diaryl/α,β-unsaturated/α-hetero) is 1. The van der Waals surface area contributed by atoms with Crippen molar-refractivity contribution in [3.8, 4) is 0 Å². The van der Waals surface area contributed by atoms with Gasteiger partial charge in [0.1, 0.15) is 5.78 Å². The molecule has 1 aromatic carbocycles. The van der Waals surface area contributed by atoms with Crippen molar-refractivity contribution in [1.82, 2.24) is 0 Å². The number of halogens is 1. The second-order valence-electron chi connectivity index (χ2n) is 2.55. The van der Waals surface area contributed by atoms with Gasteiger partial charge >= 0.3 is 0 Å². The fourth-order valence-electron chi connectivity index (χ4n) is 0.949. The molecule has 1 aromatic rings. The summed E-state index contributed by atoms with van der Waals surface area (Å²) < 4.78 is 0. The number of rotatable bonds is 3. The van der Waals surface area contributed by atoms with Gasteiger partial charge in [0.05, 0.1) is 0 Å². The molecule has 0 aliphatic heterocycles. The number of hydrogen-bond donors (Lipinski definition) is 0. The fraction of sp³-hybridized carbons (Fsp3) is 0.300. The lowest BCUT2D eigenvalue weighted by Crippen LogP contribution is -1.99. The highest BCUT2D eigenvalue weighted by Gasteiger charge is 1.98. The van der Waals surface area contributed by atoms with E-state index in [0.717, 1.165) is 5.56 Å². The molecular weight excluding hydrogens is 172 g/mol. The number of carbonyl (C=O) groups is 1. The molecule has 0 saturated carbocycles. The van der Waals surface area contributed by atoms with Crippen LogP contribution in [0.3, 0.4) is 0 Å². The summed E-state index contributed by atoms with van der Waals surface area (Å²) in [4.78, 5) is 11.0. The zero-order chi connectivity index (χ0) is 8.10. The van der Waals surface area contributed by atoms with E-state index < -0.39 is 0 Å². The Hall–Kier alpha value is -0.820. The van der Waals surface area contributed by atoms with E-state index in [4.69, 9.17) is 0 Å². The van der Waals surface area contributed by atoms with Crippen LogP contribution in [0.15, 0.2) is 30.3 Å². The van der Waals surface area contributed by atoms with Gasteiger partial charge < -0.3 is 0 Å². The van der Waals surface area contributed by atoms with Gasteiger partial charge in [0.15, 0.2) is 0 Å². The summed E-state index contributed by atoms with van der Waals surface area (Å²) in [5.74, 6) is 0.302. The van der Waals surface area contributed by atoms with Gasteiger partial charge in [0.2, 0.25) is 0 Å². The molecule has 66 valence electrons. The molecule has 12 heavy (non-hydrogen) atoms. The normalized spacial score (nSPS) is 8.75. The molecule has 0 aliphatic rings. The third-order valence-electron chi connectivity index (χ3n) is 1.64. The number of carbonyl (C=O) groups excluding carboxylic acids is 1. The highest BCUT2D eigenvalue weighted by atomic mass is 35.5. The molecule has 0 aromatic heterocycles. The Morgan fingerprint density at radius 2 is 1.83 bits per heavy atom. The maximum absolute atomic E-state index is 11.0. The lowest BCUT2D eigenvalue weighted by atomic mass is 10.1. The predicted molar refractivity (Wildman–Crippen MR) is 52.7 cm³/mol. The first-order chi connectivity index (χ1) is 5.33. The van der Waals surface area contributed by atoms with Crippen LogP contribution in [0.25, 0.3) is 0 Å². The van der Waals surface area contributed by atoms with Gasteiger partial charge in [-0.05, 0) is 5.56 Å². The van der Waals surface area contributed by atoms with E-state index in [2.05, 4.69) is 0 Å². The van der Waals surface area contributed by atoms with Crippen molar-refractivity contribution in [1.29, 1.82) is 0 Å². The van der Waals surface area contributed by atoms with Crippen LogP contribution in [0.1, 0.15) is 18.9 Å². The summed E-state index contributed by atoms with van der Waals surface area (Å²) in [6.07, 6.45) is 1.21. The van der Waals surface area contributed by atoms with Crippen LogP contribution in [0.2, 0.25) is 0 Å². The molecule has 0 atom stereocenters. The van der Waals surface area contributed by atoms with Crippen LogP contribution >= 0.6 is 12.4 Å². The Balaban J connectivity index is 0.00000121. The summed E-state index contributed by atoms with van der Waals surface area (Å²) >= 11 is 0. The maximum atomic E-state index is 11.0. The van der Waals surface area contributed by atoms with E-state index >= 15 is 0 Å². The third-order valence-corrected chi connectivity index (χ3v) is 1.64. The molecule has 0 spiro atoms. The second-order valence-corrected chi connectivity index (χ2v) is 2.55. The molecule has 1 nitrogen and oxygen atoms in total. The Bertz CT molecular complexity index is 231. The largest absolute Gasteiger partial charge is 0.299 e. The zero-order valence-electron chi connectivity index (χ0n) is 7.12. The molecular formula is C10H13ClO. The average molecular weight is 185 g/mol. The maximum Gasteiger partial charge on any atom is 0.136 e. The molecule has 0 amide bonds. The van der Waals surface area contributed by atoms with Crippen molar-refractivity contribution in [2.24, 2.45) is 0 Å². The van der Waals surface area contributed by atoms with Crippen LogP contribution in [0.5, 0.6) is 0 Å². The molecule has 0 saturated heterocycles.